The molecule has 3 rings (SSSR count). The van der Waals surface area contributed by atoms with Crippen molar-refractivity contribution >= 4 is 46.0 Å². The van der Waals surface area contributed by atoms with E-state index in [4.69, 9.17) is 0 Å². The van der Waals surface area contributed by atoms with Crippen molar-refractivity contribution < 1.29 is 9.72 Å². The largest absolute Gasteiger partial charge is 0.372 e. The number of nitrogens with zero attached hydrogens (tertiary/aromatic N) is 4. The highest BCUT2D eigenvalue weighted by molar-refractivity contribution is 8.18. The molecule has 0 spiro atoms. The number of rotatable bonds is 6. The minimum absolute atomic E-state index is 0.00488. The molecule has 2 aromatic rings. The van der Waals surface area contributed by atoms with Crippen LogP contribution in [0.15, 0.2) is 58.4 Å². The fraction of sp³-hybridized carbons (Fsp3) is 0.238. The fourth-order valence-corrected chi connectivity index (χ4v) is 4.01. The summed E-state index contributed by atoms with van der Waals surface area (Å²) < 4.78 is 0. The third kappa shape index (κ3) is 4.48. The quantitative estimate of drug-likeness (QED) is 0.393. The summed E-state index contributed by atoms with van der Waals surface area (Å²) in [5, 5.41) is 11.8. The van der Waals surface area contributed by atoms with E-state index in [9.17, 15) is 14.9 Å². The molecular formula is C21H22N4O3S. The van der Waals surface area contributed by atoms with Crippen LogP contribution in [-0.4, -0.2) is 41.0 Å². The normalized spacial score (nSPS) is 16.7. The molecule has 0 aromatic heterocycles. The Hall–Kier alpha value is -3.13. The van der Waals surface area contributed by atoms with E-state index in [1.165, 1.54) is 28.8 Å². The van der Waals surface area contributed by atoms with E-state index in [1.54, 1.807) is 19.2 Å². The van der Waals surface area contributed by atoms with E-state index in [0.717, 1.165) is 24.5 Å². The predicted octanol–water partition coefficient (Wildman–Crippen LogP) is 4.67. The van der Waals surface area contributed by atoms with Gasteiger partial charge in [-0.1, -0.05) is 18.2 Å². The van der Waals surface area contributed by atoms with Gasteiger partial charge in [0.15, 0.2) is 5.17 Å². The minimum atomic E-state index is -0.425. The van der Waals surface area contributed by atoms with Gasteiger partial charge in [0.25, 0.3) is 11.6 Å². The Balaban J connectivity index is 2.02. The lowest BCUT2D eigenvalue weighted by molar-refractivity contribution is -0.384. The lowest BCUT2D eigenvalue weighted by Gasteiger charge is -2.23. The van der Waals surface area contributed by atoms with Crippen LogP contribution in [0.2, 0.25) is 0 Å². The summed E-state index contributed by atoms with van der Waals surface area (Å²) in [6.07, 6.45) is 1.72. The SMILES string of the molecule is CCN(CC)c1ccc([N+](=O)[O-])cc1/C=C1/SC(=Nc2ccccc2)N(C)C1=O. The van der Waals surface area contributed by atoms with E-state index in [2.05, 4.69) is 9.89 Å². The molecule has 2 aromatic carbocycles. The molecule has 0 aliphatic carbocycles. The molecular weight excluding hydrogens is 388 g/mol. The van der Waals surface area contributed by atoms with Crippen molar-refractivity contribution in [1.29, 1.82) is 0 Å². The summed E-state index contributed by atoms with van der Waals surface area (Å²) >= 11 is 1.27. The Morgan fingerprint density at radius 1 is 1.17 bits per heavy atom. The van der Waals surface area contributed by atoms with Gasteiger partial charge >= 0.3 is 0 Å². The number of amides is 1. The Morgan fingerprint density at radius 2 is 1.86 bits per heavy atom. The number of benzene rings is 2. The first-order chi connectivity index (χ1) is 13.9. The second kappa shape index (κ2) is 8.91. The van der Waals surface area contributed by atoms with Crippen LogP contribution in [-0.2, 0) is 4.79 Å². The summed E-state index contributed by atoms with van der Waals surface area (Å²) in [5.74, 6) is -0.179. The molecule has 0 radical (unpaired) electrons. The molecule has 1 aliphatic heterocycles. The molecule has 0 bridgehead atoms. The van der Waals surface area contributed by atoms with E-state index in [-0.39, 0.29) is 11.6 Å². The highest BCUT2D eigenvalue weighted by Crippen LogP contribution is 2.36. The third-order valence-electron chi connectivity index (χ3n) is 4.60. The van der Waals surface area contributed by atoms with E-state index < -0.39 is 4.92 Å². The molecule has 0 atom stereocenters. The average molecular weight is 410 g/mol. The minimum Gasteiger partial charge on any atom is -0.372 e. The summed E-state index contributed by atoms with van der Waals surface area (Å²) in [6, 6.07) is 14.2. The standard InChI is InChI=1S/C21H22N4O3S/c1-4-24(5-2)18-12-11-17(25(27)28)13-15(18)14-19-20(26)23(3)21(29-19)22-16-9-7-6-8-10-16/h6-14H,4-5H2,1-3H3/b19-14+,22-21?. The molecule has 8 heteroatoms. The van der Waals surface area contributed by atoms with Crippen LogP contribution in [0.3, 0.4) is 0 Å². The van der Waals surface area contributed by atoms with E-state index >= 15 is 0 Å². The van der Waals surface area contributed by atoms with Crippen LogP contribution in [0.5, 0.6) is 0 Å². The predicted molar refractivity (Wildman–Crippen MR) is 119 cm³/mol. The van der Waals surface area contributed by atoms with Gasteiger partial charge in [0.1, 0.15) is 0 Å². The van der Waals surface area contributed by atoms with Gasteiger partial charge in [-0.2, -0.15) is 0 Å². The number of hydrogen-bond donors (Lipinski definition) is 0. The van der Waals surface area contributed by atoms with Gasteiger partial charge < -0.3 is 4.90 Å². The number of amidine groups is 1. The number of para-hydroxylation sites is 1. The second-order valence-electron chi connectivity index (χ2n) is 6.38. The van der Waals surface area contributed by atoms with Crippen molar-refractivity contribution in [3.05, 3.63) is 69.1 Å². The van der Waals surface area contributed by atoms with Crippen molar-refractivity contribution in [2.24, 2.45) is 4.99 Å². The Morgan fingerprint density at radius 3 is 2.48 bits per heavy atom. The Labute approximate surface area is 173 Å². The van der Waals surface area contributed by atoms with Crippen molar-refractivity contribution in [2.45, 2.75) is 13.8 Å². The maximum absolute atomic E-state index is 12.8. The van der Waals surface area contributed by atoms with Crippen LogP contribution in [0.25, 0.3) is 6.08 Å². The highest BCUT2D eigenvalue weighted by Gasteiger charge is 2.31. The first-order valence-corrected chi connectivity index (χ1v) is 10.1. The number of hydrogen-bond acceptors (Lipinski definition) is 6. The second-order valence-corrected chi connectivity index (χ2v) is 7.39. The molecule has 150 valence electrons. The molecule has 29 heavy (non-hydrogen) atoms. The summed E-state index contributed by atoms with van der Waals surface area (Å²) in [7, 11) is 1.68. The van der Waals surface area contributed by atoms with Gasteiger partial charge in [0, 0.05) is 43.5 Å². The van der Waals surface area contributed by atoms with E-state index in [1.807, 2.05) is 44.2 Å². The molecule has 1 heterocycles. The van der Waals surface area contributed by atoms with Crippen LogP contribution >= 0.6 is 11.8 Å². The molecule has 1 amide bonds. The number of non-ortho nitro benzene ring substituents is 1. The zero-order valence-corrected chi connectivity index (χ0v) is 17.3. The fourth-order valence-electron chi connectivity index (χ4n) is 3.03. The molecule has 0 saturated carbocycles. The molecule has 1 aliphatic rings. The lowest BCUT2D eigenvalue weighted by Crippen LogP contribution is -2.24. The number of anilines is 1. The monoisotopic (exact) mass is 410 g/mol. The van der Waals surface area contributed by atoms with E-state index in [0.29, 0.717) is 15.6 Å². The smallest absolute Gasteiger partial charge is 0.270 e. The lowest BCUT2D eigenvalue weighted by atomic mass is 10.1. The Kier molecular flexibility index (Phi) is 6.33. The van der Waals surface area contributed by atoms with Gasteiger partial charge in [-0.25, -0.2) is 4.99 Å². The molecule has 1 saturated heterocycles. The van der Waals surface area contributed by atoms with Crippen LogP contribution < -0.4 is 4.90 Å². The zero-order chi connectivity index (χ0) is 21.0. The van der Waals surface area contributed by atoms with Crippen molar-refractivity contribution in [3.63, 3.8) is 0 Å². The number of aliphatic imine (C=N–C) groups is 1. The Bertz CT molecular complexity index is 985. The van der Waals surface area contributed by atoms with Gasteiger partial charge in [-0.05, 0) is 49.9 Å². The maximum Gasteiger partial charge on any atom is 0.270 e. The first kappa shape index (κ1) is 20.6. The van der Waals surface area contributed by atoms with Gasteiger partial charge in [-0.3, -0.25) is 19.8 Å². The molecule has 0 unspecified atom stereocenters. The number of nitro groups is 1. The number of carbonyl (C=O) groups is 1. The van der Waals surface area contributed by atoms with Crippen LogP contribution in [0.4, 0.5) is 17.1 Å². The maximum atomic E-state index is 12.8. The van der Waals surface area contributed by atoms with Gasteiger partial charge in [0.2, 0.25) is 0 Å². The van der Waals surface area contributed by atoms with Crippen molar-refractivity contribution in [2.75, 3.05) is 25.0 Å². The number of nitro benzene ring substituents is 1. The molecule has 1 fully saturated rings. The first-order valence-electron chi connectivity index (χ1n) is 9.29. The molecule has 0 N–H and O–H groups in total. The summed E-state index contributed by atoms with van der Waals surface area (Å²) in [6.45, 7) is 5.56. The molecule has 7 nitrogen and oxygen atoms in total. The van der Waals surface area contributed by atoms with Crippen LogP contribution in [0, 0.1) is 10.1 Å². The topological polar surface area (TPSA) is 79.0 Å². The number of carbonyl (C=O) groups excluding carboxylic acids is 1. The average Bonchev–Trinajstić information content (AvgIpc) is 2.98. The van der Waals surface area contributed by atoms with Crippen molar-refractivity contribution in [1.82, 2.24) is 4.90 Å². The third-order valence-corrected chi connectivity index (χ3v) is 5.66. The van der Waals surface area contributed by atoms with Gasteiger partial charge in [-0.15, -0.1) is 0 Å². The van der Waals surface area contributed by atoms with Crippen LogP contribution in [0.1, 0.15) is 19.4 Å². The number of likely N-dealkylation sites (N-methyl/N-ethyl adjacent to an activating group) is 1. The summed E-state index contributed by atoms with van der Waals surface area (Å²) in [5.41, 5.74) is 2.26. The van der Waals surface area contributed by atoms with Gasteiger partial charge in [0.05, 0.1) is 15.5 Å². The van der Waals surface area contributed by atoms with Crippen molar-refractivity contribution in [3.8, 4) is 0 Å². The summed E-state index contributed by atoms with van der Waals surface area (Å²) in [4.78, 5) is 32.2. The highest BCUT2D eigenvalue weighted by atomic mass is 32.2. The number of thioether (sulfide) groups is 1. The zero-order valence-electron chi connectivity index (χ0n) is 16.5.